The SMILES string of the molecule is Cc1c(C(=O)C(C)C(C)CC2COCCO2)ccc2nn(CC3CCN(C(=O)c4ccc(Cl)cc4)CC3)cc12. The highest BCUT2D eigenvalue weighted by molar-refractivity contribution is 6.30. The Bertz CT molecular complexity index is 1310. The normalized spacial score (nSPS) is 20.2. The highest BCUT2D eigenvalue weighted by Crippen LogP contribution is 2.29. The molecule has 2 aliphatic heterocycles. The number of hydrogen-bond acceptors (Lipinski definition) is 5. The summed E-state index contributed by atoms with van der Waals surface area (Å²) in [5, 5.41) is 6.48. The molecule has 3 atom stereocenters. The van der Waals surface area contributed by atoms with Crippen LogP contribution in [0.3, 0.4) is 0 Å². The number of halogens is 1. The van der Waals surface area contributed by atoms with Gasteiger partial charge >= 0.3 is 0 Å². The summed E-state index contributed by atoms with van der Waals surface area (Å²) in [6, 6.07) is 11.0. The number of aromatic nitrogens is 2. The lowest BCUT2D eigenvalue weighted by molar-refractivity contribution is -0.0963. The van der Waals surface area contributed by atoms with Crippen LogP contribution in [-0.2, 0) is 16.0 Å². The van der Waals surface area contributed by atoms with Crippen LogP contribution in [0.1, 0.15) is 59.4 Å². The second-order valence-electron chi connectivity index (χ2n) is 11.2. The van der Waals surface area contributed by atoms with Crippen molar-refractivity contribution in [2.45, 2.75) is 52.7 Å². The Balaban J connectivity index is 1.20. The quantitative estimate of drug-likeness (QED) is 0.330. The Morgan fingerprint density at radius 2 is 1.82 bits per heavy atom. The summed E-state index contributed by atoms with van der Waals surface area (Å²) in [5.41, 5.74) is 3.35. The first-order chi connectivity index (χ1) is 18.8. The third-order valence-corrected chi connectivity index (χ3v) is 8.75. The van der Waals surface area contributed by atoms with Gasteiger partial charge in [0.2, 0.25) is 0 Å². The van der Waals surface area contributed by atoms with Gasteiger partial charge in [-0.2, -0.15) is 5.10 Å². The van der Waals surface area contributed by atoms with Gasteiger partial charge in [-0.15, -0.1) is 0 Å². The van der Waals surface area contributed by atoms with Crippen molar-refractivity contribution in [3.05, 3.63) is 64.3 Å². The summed E-state index contributed by atoms with van der Waals surface area (Å²) in [6.07, 6.45) is 4.82. The van der Waals surface area contributed by atoms with E-state index in [1.54, 1.807) is 24.3 Å². The van der Waals surface area contributed by atoms with E-state index in [2.05, 4.69) is 13.1 Å². The fourth-order valence-electron chi connectivity index (χ4n) is 5.79. The number of Topliss-reactive ketones (excluding diaryl/α,β-unsaturated/α-hetero) is 1. The number of carbonyl (C=O) groups excluding carboxylic acids is 2. The van der Waals surface area contributed by atoms with Crippen molar-refractivity contribution >= 4 is 34.2 Å². The summed E-state index contributed by atoms with van der Waals surface area (Å²) in [4.78, 5) is 28.2. The third-order valence-electron chi connectivity index (χ3n) is 8.50. The monoisotopic (exact) mass is 551 g/mol. The zero-order valence-corrected chi connectivity index (χ0v) is 23.8. The molecular weight excluding hydrogens is 514 g/mol. The minimum atomic E-state index is -0.109. The summed E-state index contributed by atoms with van der Waals surface area (Å²) in [5.74, 6) is 0.763. The number of amides is 1. The number of hydrogen-bond donors (Lipinski definition) is 0. The molecule has 2 fully saturated rings. The molecule has 5 rings (SSSR count). The van der Waals surface area contributed by atoms with Crippen LogP contribution < -0.4 is 0 Å². The molecule has 0 bridgehead atoms. The van der Waals surface area contributed by atoms with Crippen LogP contribution in [0.4, 0.5) is 0 Å². The lowest BCUT2D eigenvalue weighted by Crippen LogP contribution is -2.39. The minimum Gasteiger partial charge on any atom is -0.376 e. The molecule has 0 aliphatic carbocycles. The zero-order valence-electron chi connectivity index (χ0n) is 23.1. The van der Waals surface area contributed by atoms with Gasteiger partial charge in [0.15, 0.2) is 5.78 Å². The van der Waals surface area contributed by atoms with Crippen LogP contribution in [0, 0.1) is 24.7 Å². The molecular formula is C31H38ClN3O4. The number of fused-ring (bicyclic) bond motifs is 1. The maximum Gasteiger partial charge on any atom is 0.253 e. The first kappa shape index (κ1) is 27.8. The summed E-state index contributed by atoms with van der Waals surface area (Å²) >= 11 is 5.96. The topological polar surface area (TPSA) is 73.7 Å². The van der Waals surface area contributed by atoms with E-state index >= 15 is 0 Å². The molecule has 0 N–H and O–H groups in total. The highest BCUT2D eigenvalue weighted by atomic mass is 35.5. The molecule has 7 nitrogen and oxygen atoms in total. The molecule has 3 aromatic rings. The van der Waals surface area contributed by atoms with Gasteiger partial charge in [0.1, 0.15) is 0 Å². The lowest BCUT2D eigenvalue weighted by Gasteiger charge is -2.32. The second kappa shape index (κ2) is 12.2. The van der Waals surface area contributed by atoms with Crippen LogP contribution in [-0.4, -0.2) is 65.4 Å². The maximum atomic E-state index is 13.5. The molecule has 3 heterocycles. The van der Waals surface area contributed by atoms with Gasteiger partial charge in [-0.25, -0.2) is 0 Å². The summed E-state index contributed by atoms with van der Waals surface area (Å²) < 4.78 is 13.3. The van der Waals surface area contributed by atoms with Crippen LogP contribution in [0.15, 0.2) is 42.6 Å². The van der Waals surface area contributed by atoms with Gasteiger partial charge in [-0.3, -0.25) is 14.3 Å². The van der Waals surface area contributed by atoms with Crippen molar-refractivity contribution in [3.8, 4) is 0 Å². The highest BCUT2D eigenvalue weighted by Gasteiger charge is 2.28. The van der Waals surface area contributed by atoms with E-state index < -0.39 is 0 Å². The number of ether oxygens (including phenoxy) is 2. The lowest BCUT2D eigenvalue weighted by atomic mass is 9.83. The number of benzene rings is 2. The van der Waals surface area contributed by atoms with Crippen LogP contribution >= 0.6 is 11.6 Å². The molecule has 39 heavy (non-hydrogen) atoms. The maximum absolute atomic E-state index is 13.5. The molecule has 2 saturated heterocycles. The summed E-state index contributed by atoms with van der Waals surface area (Å²) in [7, 11) is 0. The number of carbonyl (C=O) groups is 2. The Hall–Kier alpha value is -2.74. The smallest absolute Gasteiger partial charge is 0.253 e. The van der Waals surface area contributed by atoms with E-state index in [0.29, 0.717) is 36.3 Å². The van der Waals surface area contributed by atoms with E-state index in [9.17, 15) is 9.59 Å². The Morgan fingerprint density at radius 3 is 2.51 bits per heavy atom. The predicted octanol–water partition coefficient (Wildman–Crippen LogP) is 5.81. The van der Waals surface area contributed by atoms with Gasteiger partial charge in [0.25, 0.3) is 5.91 Å². The number of ketones is 1. The van der Waals surface area contributed by atoms with Gasteiger partial charge in [0, 0.05) is 53.3 Å². The number of piperidine rings is 1. The first-order valence-electron chi connectivity index (χ1n) is 14.0. The Morgan fingerprint density at radius 1 is 1.08 bits per heavy atom. The Labute approximate surface area is 235 Å². The molecule has 8 heteroatoms. The molecule has 2 aliphatic rings. The number of likely N-dealkylation sites (tertiary alicyclic amines) is 1. The van der Waals surface area contributed by atoms with Crippen molar-refractivity contribution in [1.29, 1.82) is 0 Å². The largest absolute Gasteiger partial charge is 0.376 e. The number of aryl methyl sites for hydroxylation is 1. The van der Waals surface area contributed by atoms with Crippen molar-refractivity contribution < 1.29 is 19.1 Å². The van der Waals surface area contributed by atoms with E-state index in [-0.39, 0.29) is 29.6 Å². The molecule has 3 unspecified atom stereocenters. The number of rotatable bonds is 8. The standard InChI is InChI=1S/C31H38ClN3O4/c1-20(16-26-19-38-14-15-39-26)21(2)30(36)27-8-9-29-28(22(27)3)18-35(33-29)17-23-10-12-34(13-11-23)31(37)24-4-6-25(32)7-5-24/h4-9,18,20-21,23,26H,10-17,19H2,1-3H3. The van der Waals surface area contributed by atoms with Crippen LogP contribution in [0.5, 0.6) is 0 Å². The number of nitrogens with zero attached hydrogens (tertiary/aromatic N) is 3. The van der Waals surface area contributed by atoms with Gasteiger partial charge in [-0.1, -0.05) is 25.4 Å². The third kappa shape index (κ3) is 6.37. The average Bonchev–Trinajstić information content (AvgIpc) is 3.37. The van der Waals surface area contributed by atoms with Gasteiger partial charge in [0.05, 0.1) is 31.4 Å². The molecule has 1 aromatic heterocycles. The Kier molecular flexibility index (Phi) is 8.70. The second-order valence-corrected chi connectivity index (χ2v) is 11.6. The molecule has 1 amide bonds. The predicted molar refractivity (Wildman–Crippen MR) is 152 cm³/mol. The molecule has 0 spiro atoms. The fourth-order valence-corrected chi connectivity index (χ4v) is 5.92. The average molecular weight is 552 g/mol. The van der Waals surface area contributed by atoms with E-state index in [1.807, 2.05) is 35.6 Å². The van der Waals surface area contributed by atoms with E-state index in [1.165, 1.54) is 0 Å². The van der Waals surface area contributed by atoms with Crippen molar-refractivity contribution in [2.75, 3.05) is 32.9 Å². The fraction of sp³-hybridized carbons (Fsp3) is 0.516. The van der Waals surface area contributed by atoms with E-state index in [4.69, 9.17) is 26.2 Å². The van der Waals surface area contributed by atoms with Crippen molar-refractivity contribution in [3.63, 3.8) is 0 Å². The summed E-state index contributed by atoms with van der Waals surface area (Å²) in [6.45, 7) is 10.3. The first-order valence-corrected chi connectivity index (χ1v) is 14.4. The molecule has 208 valence electrons. The van der Waals surface area contributed by atoms with Crippen LogP contribution in [0.25, 0.3) is 10.9 Å². The van der Waals surface area contributed by atoms with Gasteiger partial charge < -0.3 is 14.4 Å². The minimum absolute atomic E-state index is 0.0610. The molecule has 2 aromatic carbocycles. The van der Waals surface area contributed by atoms with Crippen molar-refractivity contribution in [2.24, 2.45) is 17.8 Å². The molecule has 0 saturated carbocycles. The van der Waals surface area contributed by atoms with Gasteiger partial charge in [-0.05, 0) is 80.0 Å². The zero-order chi connectivity index (χ0) is 27.5. The van der Waals surface area contributed by atoms with Crippen LogP contribution in [0.2, 0.25) is 5.02 Å². The molecule has 0 radical (unpaired) electrons. The van der Waals surface area contributed by atoms with Crippen molar-refractivity contribution in [1.82, 2.24) is 14.7 Å². The van der Waals surface area contributed by atoms with E-state index in [0.717, 1.165) is 60.9 Å².